The Morgan fingerprint density at radius 3 is 2.19 bits per heavy atom. The Balaban J connectivity index is 3.89. The molecule has 0 bridgehead atoms. The summed E-state index contributed by atoms with van der Waals surface area (Å²) in [5.41, 5.74) is 0. The lowest BCUT2D eigenvalue weighted by atomic mass is 10.5. The zero-order valence-electron chi connectivity index (χ0n) is 9.14. The van der Waals surface area contributed by atoms with Crippen LogP contribution in [0.25, 0.3) is 0 Å². The number of hydrogen-bond acceptors (Lipinski definition) is 5. The van der Waals surface area contributed by atoms with Crippen LogP contribution in [0.4, 0.5) is 0 Å². The molecule has 0 radical (unpaired) electrons. The molecule has 0 aromatic heterocycles. The molecule has 0 saturated carbocycles. The van der Waals surface area contributed by atoms with E-state index in [0.29, 0.717) is 0 Å². The monoisotopic (exact) mass is 293 g/mol. The fourth-order valence-corrected chi connectivity index (χ4v) is 2.36. The number of rotatable bonds is 8. The minimum absolute atomic E-state index is 0.0431. The maximum absolute atomic E-state index is 11.3. The lowest BCUT2D eigenvalue weighted by Gasteiger charge is -2.08. The van der Waals surface area contributed by atoms with Gasteiger partial charge in [0.15, 0.2) is 0 Å². The highest BCUT2D eigenvalue weighted by Crippen LogP contribution is 1.95. The van der Waals surface area contributed by atoms with Gasteiger partial charge in [0.1, 0.15) is 0 Å². The van der Waals surface area contributed by atoms with Crippen molar-refractivity contribution in [2.75, 3.05) is 24.7 Å². The predicted octanol–water partition coefficient (Wildman–Crippen LogP) is -0.101. The van der Waals surface area contributed by atoms with Crippen molar-refractivity contribution >= 4 is 29.8 Å². The molecule has 0 aliphatic carbocycles. The van der Waals surface area contributed by atoms with E-state index in [0.717, 1.165) is 0 Å². The molecule has 0 heterocycles. The third kappa shape index (κ3) is 10.6. The topological polar surface area (TPSA) is 89.5 Å². The van der Waals surface area contributed by atoms with Gasteiger partial charge in [0.25, 0.3) is 0 Å². The number of sulfonamides is 1. The second-order valence-corrected chi connectivity index (χ2v) is 8.20. The molecule has 98 valence electrons. The number of hydrogen-bond donors (Lipinski definition) is 1. The number of nitrogens with one attached hydrogen (secondary N) is 1. The normalized spacial score (nSPS) is 13.2. The van der Waals surface area contributed by atoms with Gasteiger partial charge in [-0.3, -0.25) is 0 Å². The molecule has 0 aromatic carbocycles. The first-order valence-electron chi connectivity index (χ1n) is 4.64. The lowest BCUT2D eigenvalue weighted by Crippen LogP contribution is -2.32. The molecule has 0 fully saturated rings. The van der Waals surface area contributed by atoms with E-state index in [-0.39, 0.29) is 25.0 Å². The summed E-state index contributed by atoms with van der Waals surface area (Å²) in [6.45, 7) is 3.43. The van der Waals surface area contributed by atoms with Gasteiger partial charge >= 0.3 is 0 Å². The van der Waals surface area contributed by atoms with Crippen LogP contribution in [0.1, 0.15) is 13.8 Å². The molecule has 0 spiro atoms. The molecule has 0 atom stereocenters. The fraction of sp³-hybridized carbons (Fsp3) is 1.00. The maximum Gasteiger partial charge on any atom is 0.233 e. The average Bonchev–Trinajstić information content (AvgIpc) is 1.99. The van der Waals surface area contributed by atoms with E-state index in [9.17, 15) is 16.8 Å². The molecule has 9 heteroatoms. The average molecular weight is 294 g/mol. The summed E-state index contributed by atoms with van der Waals surface area (Å²) in [6.07, 6.45) is -0.0431. The zero-order chi connectivity index (χ0) is 12.8. The van der Waals surface area contributed by atoms with Gasteiger partial charge in [-0.15, -0.1) is 0 Å². The number of halogens is 1. The SMILES string of the molecule is CC(C)OCCS(=O)(=O)NCCS(=O)(=O)Cl. The largest absolute Gasteiger partial charge is 0.378 e. The van der Waals surface area contributed by atoms with Crippen LogP contribution in [0.2, 0.25) is 0 Å². The second-order valence-electron chi connectivity index (χ2n) is 3.38. The van der Waals surface area contributed by atoms with Crippen molar-refractivity contribution in [1.29, 1.82) is 0 Å². The van der Waals surface area contributed by atoms with E-state index in [4.69, 9.17) is 15.4 Å². The van der Waals surface area contributed by atoms with Gasteiger partial charge in [-0.2, -0.15) is 0 Å². The lowest BCUT2D eigenvalue weighted by molar-refractivity contribution is 0.0911. The first-order chi connectivity index (χ1) is 7.12. The highest BCUT2D eigenvalue weighted by molar-refractivity contribution is 8.13. The van der Waals surface area contributed by atoms with Gasteiger partial charge in [0.2, 0.25) is 19.1 Å². The van der Waals surface area contributed by atoms with E-state index < -0.39 is 24.8 Å². The minimum Gasteiger partial charge on any atom is -0.378 e. The summed E-state index contributed by atoms with van der Waals surface area (Å²) in [6, 6.07) is 0. The maximum atomic E-state index is 11.3. The molecule has 0 amide bonds. The van der Waals surface area contributed by atoms with Crippen LogP contribution in [-0.4, -0.2) is 47.6 Å². The van der Waals surface area contributed by atoms with Crippen LogP contribution in [0, 0.1) is 0 Å². The molecule has 1 N–H and O–H groups in total. The number of ether oxygens (including phenoxy) is 1. The third-order valence-corrected chi connectivity index (χ3v) is 3.97. The van der Waals surface area contributed by atoms with Crippen LogP contribution in [0.15, 0.2) is 0 Å². The van der Waals surface area contributed by atoms with Crippen molar-refractivity contribution in [2.45, 2.75) is 20.0 Å². The first kappa shape index (κ1) is 16.1. The van der Waals surface area contributed by atoms with Crippen molar-refractivity contribution in [3.05, 3.63) is 0 Å². The molecule has 0 aliphatic rings. The summed E-state index contributed by atoms with van der Waals surface area (Å²) in [4.78, 5) is 0. The quantitative estimate of drug-likeness (QED) is 0.631. The van der Waals surface area contributed by atoms with E-state index in [1.165, 1.54) is 0 Å². The highest BCUT2D eigenvalue weighted by Gasteiger charge is 2.12. The minimum atomic E-state index is -3.67. The molecule has 0 unspecified atom stereocenters. The smallest absolute Gasteiger partial charge is 0.233 e. The summed E-state index contributed by atoms with van der Waals surface area (Å²) in [5, 5.41) is 0. The Kier molecular flexibility index (Phi) is 6.80. The Morgan fingerprint density at radius 1 is 1.19 bits per heavy atom. The molecule has 0 aromatic rings. The molecule has 0 rings (SSSR count). The Labute approximate surface area is 101 Å². The van der Waals surface area contributed by atoms with Crippen molar-refractivity contribution < 1.29 is 21.6 Å². The van der Waals surface area contributed by atoms with Crippen LogP contribution in [0.5, 0.6) is 0 Å². The van der Waals surface area contributed by atoms with Crippen molar-refractivity contribution in [2.24, 2.45) is 0 Å². The van der Waals surface area contributed by atoms with Crippen LogP contribution < -0.4 is 4.72 Å². The second kappa shape index (κ2) is 6.75. The van der Waals surface area contributed by atoms with Gasteiger partial charge in [-0.25, -0.2) is 21.6 Å². The Bertz CT molecular complexity index is 389. The standard InChI is InChI=1S/C7H16ClNO5S2/c1-7(2)14-4-6-16(12,13)9-3-5-15(8,10)11/h7,9H,3-6H2,1-2H3. The molecule has 0 aliphatic heterocycles. The van der Waals surface area contributed by atoms with Gasteiger partial charge in [0.05, 0.1) is 24.2 Å². The first-order valence-corrected chi connectivity index (χ1v) is 8.77. The fourth-order valence-electron chi connectivity index (χ4n) is 0.785. The summed E-state index contributed by atoms with van der Waals surface area (Å²) in [5.74, 6) is -0.633. The molecule has 16 heavy (non-hydrogen) atoms. The Morgan fingerprint density at radius 2 is 1.75 bits per heavy atom. The van der Waals surface area contributed by atoms with E-state index in [2.05, 4.69) is 4.72 Å². The van der Waals surface area contributed by atoms with Crippen molar-refractivity contribution in [1.82, 2.24) is 4.72 Å². The van der Waals surface area contributed by atoms with E-state index in [1.54, 1.807) is 13.8 Å². The van der Waals surface area contributed by atoms with Crippen molar-refractivity contribution in [3.8, 4) is 0 Å². The van der Waals surface area contributed by atoms with Gasteiger partial charge in [-0.1, -0.05) is 0 Å². The van der Waals surface area contributed by atoms with Crippen molar-refractivity contribution in [3.63, 3.8) is 0 Å². The molecule has 6 nitrogen and oxygen atoms in total. The third-order valence-electron chi connectivity index (χ3n) is 1.47. The van der Waals surface area contributed by atoms with Gasteiger partial charge in [0, 0.05) is 17.2 Å². The summed E-state index contributed by atoms with van der Waals surface area (Å²) >= 11 is 0. The zero-order valence-corrected chi connectivity index (χ0v) is 11.5. The molecular formula is C7H16ClNO5S2. The van der Waals surface area contributed by atoms with Crippen LogP contribution >= 0.6 is 10.7 Å². The van der Waals surface area contributed by atoms with E-state index in [1.807, 2.05) is 0 Å². The Hall–Kier alpha value is 0.110. The van der Waals surface area contributed by atoms with E-state index >= 15 is 0 Å². The van der Waals surface area contributed by atoms with Gasteiger partial charge in [-0.05, 0) is 13.8 Å². The predicted molar refractivity (Wildman–Crippen MR) is 62.5 cm³/mol. The summed E-state index contributed by atoms with van der Waals surface area (Å²) < 4.78 is 50.8. The summed E-state index contributed by atoms with van der Waals surface area (Å²) in [7, 11) is -2.24. The highest BCUT2D eigenvalue weighted by atomic mass is 35.7. The van der Waals surface area contributed by atoms with Crippen LogP contribution in [-0.2, 0) is 23.8 Å². The molecular weight excluding hydrogens is 278 g/mol. The van der Waals surface area contributed by atoms with Crippen LogP contribution in [0.3, 0.4) is 0 Å². The van der Waals surface area contributed by atoms with Gasteiger partial charge < -0.3 is 4.74 Å². The molecule has 0 saturated heterocycles.